The molecule has 0 radical (unpaired) electrons. The Balaban J connectivity index is 1.22. The number of hydrogen-bond acceptors (Lipinski definition) is 6. The second-order valence-electron chi connectivity index (χ2n) is 13.3. The lowest BCUT2D eigenvalue weighted by Crippen LogP contribution is -2.54. The Kier molecular flexibility index (Phi) is 8.27. The van der Waals surface area contributed by atoms with Crippen LogP contribution < -0.4 is 0 Å². The highest BCUT2D eigenvalue weighted by atomic mass is 35.5. The van der Waals surface area contributed by atoms with Crippen LogP contribution in [0.25, 0.3) is 0 Å². The van der Waals surface area contributed by atoms with Gasteiger partial charge in [0.15, 0.2) is 0 Å². The van der Waals surface area contributed by atoms with Crippen molar-refractivity contribution in [2.24, 2.45) is 11.3 Å². The van der Waals surface area contributed by atoms with Crippen LogP contribution in [0.1, 0.15) is 74.1 Å². The zero-order valence-corrected chi connectivity index (χ0v) is 25.8. The van der Waals surface area contributed by atoms with Crippen molar-refractivity contribution in [3.8, 4) is 6.07 Å². The van der Waals surface area contributed by atoms with E-state index in [1.807, 2.05) is 31.7 Å². The molecule has 1 aromatic carbocycles. The first-order chi connectivity index (χ1) is 20.5. The molecule has 10 heteroatoms. The smallest absolute Gasteiger partial charge is 0.227 e. The molecule has 2 aromatic rings. The highest BCUT2D eigenvalue weighted by Gasteiger charge is 2.50. The minimum atomic E-state index is -0.806. The lowest BCUT2D eigenvalue weighted by molar-refractivity contribution is -0.167. The van der Waals surface area contributed by atoms with E-state index in [0.717, 1.165) is 35.9 Å². The summed E-state index contributed by atoms with van der Waals surface area (Å²) in [5, 5.41) is 10.5. The Bertz CT molecular complexity index is 1430. The minimum absolute atomic E-state index is 0.00370. The topological polar surface area (TPSA) is 78.7 Å². The molecular formula is C33H39ClF2N4O3. The third-order valence-corrected chi connectivity index (χ3v) is 10.5. The van der Waals surface area contributed by atoms with Crippen LogP contribution in [0.15, 0.2) is 24.3 Å². The van der Waals surface area contributed by atoms with E-state index in [0.29, 0.717) is 69.2 Å². The summed E-state index contributed by atoms with van der Waals surface area (Å²) in [4.78, 5) is 23.2. The summed E-state index contributed by atoms with van der Waals surface area (Å²) in [6.07, 6.45) is 3.05. The number of aromatic nitrogens is 1. The molecule has 0 bridgehead atoms. The first-order valence-electron chi connectivity index (χ1n) is 15.3. The maximum atomic E-state index is 15.1. The number of pyridine rings is 1. The number of aryl methyl sites for hydroxylation is 1. The number of rotatable bonds is 4. The second-order valence-corrected chi connectivity index (χ2v) is 13.7. The molecule has 4 aliphatic heterocycles. The van der Waals surface area contributed by atoms with Gasteiger partial charge < -0.3 is 14.4 Å². The van der Waals surface area contributed by atoms with E-state index >= 15 is 4.39 Å². The predicted octanol–water partition coefficient (Wildman–Crippen LogP) is 5.74. The van der Waals surface area contributed by atoms with Gasteiger partial charge >= 0.3 is 0 Å². The average Bonchev–Trinajstić information content (AvgIpc) is 3.43. The predicted molar refractivity (Wildman–Crippen MR) is 157 cm³/mol. The third kappa shape index (κ3) is 5.80. The van der Waals surface area contributed by atoms with Crippen LogP contribution in [0.5, 0.6) is 0 Å². The molecule has 7 nitrogen and oxygen atoms in total. The van der Waals surface area contributed by atoms with Crippen molar-refractivity contribution in [3.63, 3.8) is 0 Å². The fourth-order valence-electron chi connectivity index (χ4n) is 7.48. The lowest BCUT2D eigenvalue weighted by Gasteiger charge is -2.49. The molecule has 230 valence electrons. The first-order valence-corrected chi connectivity index (χ1v) is 15.7. The Morgan fingerprint density at radius 2 is 1.86 bits per heavy atom. The van der Waals surface area contributed by atoms with E-state index in [-0.39, 0.29) is 17.9 Å². The van der Waals surface area contributed by atoms with Gasteiger partial charge in [0.2, 0.25) is 5.91 Å². The van der Waals surface area contributed by atoms with Crippen molar-refractivity contribution in [1.29, 1.82) is 5.26 Å². The maximum Gasteiger partial charge on any atom is 0.227 e. The van der Waals surface area contributed by atoms with Crippen LogP contribution in [-0.4, -0.2) is 71.7 Å². The summed E-state index contributed by atoms with van der Waals surface area (Å²) in [5.41, 5.74) is 1.54. The van der Waals surface area contributed by atoms with Crippen LogP contribution in [0, 0.1) is 41.2 Å². The Hall–Kier alpha value is -2.64. The van der Waals surface area contributed by atoms with E-state index in [4.69, 9.17) is 26.1 Å². The summed E-state index contributed by atoms with van der Waals surface area (Å²) in [6.45, 7) is 9.05. The van der Waals surface area contributed by atoms with Crippen LogP contribution in [0.4, 0.5) is 8.78 Å². The largest absolute Gasteiger partial charge is 0.381 e. The van der Waals surface area contributed by atoms with Gasteiger partial charge in [0.1, 0.15) is 17.7 Å². The molecule has 1 spiro atoms. The number of nitrogens with zero attached hydrogens (tertiary/aromatic N) is 4. The van der Waals surface area contributed by atoms with E-state index in [1.54, 1.807) is 0 Å². The molecule has 1 amide bonds. The van der Waals surface area contributed by atoms with Crippen molar-refractivity contribution in [1.82, 2.24) is 14.8 Å². The van der Waals surface area contributed by atoms with Gasteiger partial charge in [-0.1, -0.05) is 17.7 Å². The normalized spacial score (nSPS) is 26.3. The minimum Gasteiger partial charge on any atom is -0.381 e. The van der Waals surface area contributed by atoms with Gasteiger partial charge in [-0.25, -0.2) is 8.78 Å². The van der Waals surface area contributed by atoms with Gasteiger partial charge in [-0.05, 0) is 64.2 Å². The SMILES string of the molecule is Cc1nc2c(cc1Cl)C(C(C)(C)C#N)OC1(CCN(C(=O)[C@@H]3CN(C4CCOCC4)C[C@H]3c3ccc(F)cc3F)CC1)C2. The number of benzene rings is 1. The Morgan fingerprint density at radius 3 is 2.53 bits per heavy atom. The Labute approximate surface area is 257 Å². The van der Waals surface area contributed by atoms with Crippen molar-refractivity contribution < 1.29 is 23.0 Å². The van der Waals surface area contributed by atoms with E-state index in [1.165, 1.54) is 12.1 Å². The number of fused-ring (bicyclic) bond motifs is 1. The van der Waals surface area contributed by atoms with Crippen molar-refractivity contribution >= 4 is 17.5 Å². The molecule has 0 saturated carbocycles. The number of nitriles is 1. The fraction of sp³-hybridized carbons (Fsp3) is 0.606. The summed E-state index contributed by atoms with van der Waals surface area (Å²) in [7, 11) is 0. The van der Waals surface area contributed by atoms with E-state index < -0.39 is 34.7 Å². The van der Waals surface area contributed by atoms with Crippen LogP contribution in [-0.2, 0) is 20.7 Å². The highest BCUT2D eigenvalue weighted by Crippen LogP contribution is 2.49. The van der Waals surface area contributed by atoms with Crippen LogP contribution in [0.2, 0.25) is 5.02 Å². The molecule has 0 aliphatic carbocycles. The number of ether oxygens (including phenoxy) is 2. The third-order valence-electron chi connectivity index (χ3n) is 10.1. The maximum absolute atomic E-state index is 15.1. The molecule has 0 N–H and O–H groups in total. The van der Waals surface area contributed by atoms with Gasteiger partial charge in [0.25, 0.3) is 0 Å². The number of amides is 1. The molecule has 6 rings (SSSR count). The summed E-state index contributed by atoms with van der Waals surface area (Å²) >= 11 is 6.43. The number of carbonyl (C=O) groups is 1. The highest BCUT2D eigenvalue weighted by molar-refractivity contribution is 6.31. The standard InChI is InChI=1S/C33H39ClF2N4O3/c1-20-27(34)15-24-29(38-20)16-33(43-30(24)32(2,3)19-37)8-10-39(11-9-33)31(41)26-18-40(22-6-12-42-13-7-22)17-25(26)23-5-4-21(35)14-28(23)36/h4-5,14-15,22,25-26,30H,6-13,16-18H2,1-3H3/t25-,26+,30?/m0/s1. The molecular weight excluding hydrogens is 574 g/mol. The molecule has 43 heavy (non-hydrogen) atoms. The molecule has 5 heterocycles. The number of likely N-dealkylation sites (tertiary alicyclic amines) is 2. The van der Waals surface area contributed by atoms with Gasteiger partial charge in [-0.3, -0.25) is 14.7 Å². The molecule has 3 fully saturated rings. The van der Waals surface area contributed by atoms with Crippen LogP contribution >= 0.6 is 11.6 Å². The molecule has 3 atom stereocenters. The van der Waals surface area contributed by atoms with Crippen molar-refractivity contribution in [2.75, 3.05) is 39.4 Å². The Morgan fingerprint density at radius 1 is 1.14 bits per heavy atom. The number of carbonyl (C=O) groups excluding carboxylic acids is 1. The van der Waals surface area contributed by atoms with Gasteiger partial charge in [0.05, 0.1) is 33.7 Å². The van der Waals surface area contributed by atoms with Gasteiger partial charge in [-0.15, -0.1) is 0 Å². The quantitative estimate of drug-likeness (QED) is 0.438. The average molecular weight is 613 g/mol. The first kappa shape index (κ1) is 30.4. The van der Waals surface area contributed by atoms with Gasteiger partial charge in [-0.2, -0.15) is 5.26 Å². The molecule has 4 aliphatic rings. The van der Waals surface area contributed by atoms with Crippen molar-refractivity contribution in [2.45, 2.75) is 76.5 Å². The zero-order valence-electron chi connectivity index (χ0n) is 25.0. The van der Waals surface area contributed by atoms with E-state index in [2.05, 4.69) is 11.0 Å². The molecule has 1 aromatic heterocycles. The number of halogens is 3. The zero-order chi connectivity index (χ0) is 30.5. The number of piperidine rings is 1. The summed E-state index contributed by atoms with van der Waals surface area (Å²) in [5.74, 6) is -2.01. The summed E-state index contributed by atoms with van der Waals surface area (Å²) in [6, 6.07) is 8.26. The second kappa shape index (κ2) is 11.7. The number of hydrogen-bond donors (Lipinski definition) is 0. The van der Waals surface area contributed by atoms with E-state index in [9.17, 15) is 14.4 Å². The van der Waals surface area contributed by atoms with Gasteiger partial charge in [0, 0.05) is 75.1 Å². The van der Waals surface area contributed by atoms with Crippen molar-refractivity contribution in [3.05, 3.63) is 63.4 Å². The monoisotopic (exact) mass is 612 g/mol. The molecule has 3 saturated heterocycles. The summed E-state index contributed by atoms with van der Waals surface area (Å²) < 4.78 is 41.2. The van der Waals surface area contributed by atoms with Crippen LogP contribution in [0.3, 0.4) is 0 Å². The fourth-order valence-corrected chi connectivity index (χ4v) is 7.64. The molecule has 1 unspecified atom stereocenters. The lowest BCUT2D eigenvalue weighted by atomic mass is 9.75.